The normalized spacial score (nSPS) is 12.6. The van der Waals surface area contributed by atoms with E-state index in [1.165, 1.54) is 0 Å². The molecular formula is C13H17N3O. The molecule has 1 atom stereocenters. The van der Waals surface area contributed by atoms with Crippen LogP contribution in [-0.4, -0.2) is 14.7 Å². The SMILES string of the molecule is CCCn1ccnc1C(O)c1ccccc1N. The number of rotatable bonds is 4. The smallest absolute Gasteiger partial charge is 0.142 e. The fourth-order valence-corrected chi connectivity index (χ4v) is 1.90. The number of para-hydroxylation sites is 1. The van der Waals surface area contributed by atoms with Crippen molar-refractivity contribution in [2.24, 2.45) is 0 Å². The number of hydrogen-bond acceptors (Lipinski definition) is 3. The van der Waals surface area contributed by atoms with Gasteiger partial charge in [0.15, 0.2) is 0 Å². The number of aryl methyl sites for hydroxylation is 1. The summed E-state index contributed by atoms with van der Waals surface area (Å²) in [5.74, 6) is 0.643. The number of nitrogens with zero attached hydrogens (tertiary/aromatic N) is 2. The molecule has 1 unspecified atom stereocenters. The molecule has 90 valence electrons. The zero-order chi connectivity index (χ0) is 12.3. The first-order valence-corrected chi connectivity index (χ1v) is 5.77. The third-order valence-electron chi connectivity index (χ3n) is 2.75. The van der Waals surface area contributed by atoms with Gasteiger partial charge in [0, 0.05) is 30.2 Å². The highest BCUT2D eigenvalue weighted by molar-refractivity contribution is 5.49. The van der Waals surface area contributed by atoms with Gasteiger partial charge in [-0.2, -0.15) is 0 Å². The van der Waals surface area contributed by atoms with Crippen molar-refractivity contribution in [1.29, 1.82) is 0 Å². The molecule has 0 saturated heterocycles. The van der Waals surface area contributed by atoms with E-state index in [0.29, 0.717) is 17.1 Å². The third kappa shape index (κ3) is 2.31. The number of aromatic nitrogens is 2. The summed E-state index contributed by atoms with van der Waals surface area (Å²) in [7, 11) is 0. The van der Waals surface area contributed by atoms with E-state index in [-0.39, 0.29) is 0 Å². The van der Waals surface area contributed by atoms with E-state index in [4.69, 9.17) is 5.73 Å². The highest BCUT2D eigenvalue weighted by Gasteiger charge is 2.17. The molecule has 0 aliphatic carbocycles. The lowest BCUT2D eigenvalue weighted by atomic mass is 10.1. The first kappa shape index (κ1) is 11.7. The van der Waals surface area contributed by atoms with Gasteiger partial charge in [-0.25, -0.2) is 4.98 Å². The molecule has 17 heavy (non-hydrogen) atoms. The Balaban J connectivity index is 2.34. The highest BCUT2D eigenvalue weighted by Crippen LogP contribution is 2.25. The second kappa shape index (κ2) is 5.01. The molecule has 0 radical (unpaired) electrons. The number of anilines is 1. The van der Waals surface area contributed by atoms with Gasteiger partial charge in [-0.1, -0.05) is 25.1 Å². The predicted molar refractivity (Wildman–Crippen MR) is 67.4 cm³/mol. The second-order valence-electron chi connectivity index (χ2n) is 4.01. The Labute approximate surface area is 101 Å². The molecule has 2 rings (SSSR count). The number of aliphatic hydroxyl groups is 1. The van der Waals surface area contributed by atoms with Gasteiger partial charge in [0.1, 0.15) is 11.9 Å². The van der Waals surface area contributed by atoms with Gasteiger partial charge in [0.25, 0.3) is 0 Å². The topological polar surface area (TPSA) is 64.1 Å². The van der Waals surface area contributed by atoms with Crippen LogP contribution in [0.4, 0.5) is 5.69 Å². The van der Waals surface area contributed by atoms with E-state index in [1.807, 2.05) is 29.0 Å². The van der Waals surface area contributed by atoms with Crippen molar-refractivity contribution < 1.29 is 5.11 Å². The molecule has 0 saturated carbocycles. The molecule has 1 aromatic carbocycles. The molecule has 0 amide bonds. The number of benzene rings is 1. The lowest BCUT2D eigenvalue weighted by Crippen LogP contribution is -2.11. The van der Waals surface area contributed by atoms with E-state index in [2.05, 4.69) is 11.9 Å². The average molecular weight is 231 g/mol. The minimum absolute atomic E-state index is 0.589. The first-order chi connectivity index (χ1) is 8.24. The number of nitrogen functional groups attached to an aromatic ring is 1. The maximum absolute atomic E-state index is 10.3. The fraction of sp³-hybridized carbons (Fsp3) is 0.308. The van der Waals surface area contributed by atoms with Crippen LogP contribution in [0, 0.1) is 0 Å². The molecule has 4 nitrogen and oxygen atoms in total. The van der Waals surface area contributed by atoms with Gasteiger partial charge in [-0.3, -0.25) is 0 Å². The van der Waals surface area contributed by atoms with Crippen LogP contribution in [0.2, 0.25) is 0 Å². The Morgan fingerprint density at radius 1 is 1.41 bits per heavy atom. The molecule has 0 fully saturated rings. The van der Waals surface area contributed by atoms with Gasteiger partial charge >= 0.3 is 0 Å². The van der Waals surface area contributed by atoms with Gasteiger partial charge < -0.3 is 15.4 Å². The van der Waals surface area contributed by atoms with Crippen LogP contribution < -0.4 is 5.73 Å². The highest BCUT2D eigenvalue weighted by atomic mass is 16.3. The molecule has 1 heterocycles. The van der Waals surface area contributed by atoms with Gasteiger partial charge in [-0.15, -0.1) is 0 Å². The monoisotopic (exact) mass is 231 g/mol. The average Bonchev–Trinajstić information content (AvgIpc) is 2.78. The zero-order valence-corrected chi connectivity index (χ0v) is 9.87. The van der Waals surface area contributed by atoms with Crippen LogP contribution in [0.5, 0.6) is 0 Å². The van der Waals surface area contributed by atoms with E-state index < -0.39 is 6.10 Å². The predicted octanol–water partition coefficient (Wildman–Crippen LogP) is 1.96. The Morgan fingerprint density at radius 2 is 2.18 bits per heavy atom. The second-order valence-corrected chi connectivity index (χ2v) is 4.01. The van der Waals surface area contributed by atoms with Crippen LogP contribution >= 0.6 is 0 Å². The van der Waals surface area contributed by atoms with Crippen LogP contribution in [0.3, 0.4) is 0 Å². The fourth-order valence-electron chi connectivity index (χ4n) is 1.90. The Morgan fingerprint density at radius 3 is 2.88 bits per heavy atom. The zero-order valence-electron chi connectivity index (χ0n) is 9.87. The maximum Gasteiger partial charge on any atom is 0.142 e. The van der Waals surface area contributed by atoms with Gasteiger partial charge in [0.05, 0.1) is 0 Å². The molecule has 1 aromatic heterocycles. The molecule has 3 N–H and O–H groups in total. The van der Waals surface area contributed by atoms with Crippen molar-refractivity contribution in [2.45, 2.75) is 26.0 Å². The summed E-state index contributed by atoms with van der Waals surface area (Å²) in [6, 6.07) is 7.32. The molecule has 2 aromatic rings. The Hall–Kier alpha value is -1.81. The lowest BCUT2D eigenvalue weighted by molar-refractivity contribution is 0.205. The summed E-state index contributed by atoms with van der Waals surface area (Å²) in [5, 5.41) is 10.3. The number of hydrogen-bond donors (Lipinski definition) is 2. The number of imidazole rings is 1. The number of aliphatic hydroxyl groups excluding tert-OH is 1. The van der Waals surface area contributed by atoms with Crippen molar-refractivity contribution in [3.8, 4) is 0 Å². The molecule has 0 bridgehead atoms. The minimum atomic E-state index is -0.766. The minimum Gasteiger partial charge on any atom is -0.398 e. The molecule has 0 spiro atoms. The van der Waals surface area contributed by atoms with Gasteiger partial charge in [0.2, 0.25) is 0 Å². The summed E-state index contributed by atoms with van der Waals surface area (Å²) in [5.41, 5.74) is 7.15. The standard InChI is InChI=1S/C13H17N3O/c1-2-8-16-9-7-15-13(16)12(17)10-5-3-4-6-11(10)14/h3-7,9,12,17H,2,8,14H2,1H3. The largest absolute Gasteiger partial charge is 0.398 e. The molecule has 0 aliphatic heterocycles. The summed E-state index contributed by atoms with van der Waals surface area (Å²) in [6.45, 7) is 2.94. The van der Waals surface area contributed by atoms with Gasteiger partial charge in [-0.05, 0) is 12.5 Å². The van der Waals surface area contributed by atoms with Crippen LogP contribution in [0.15, 0.2) is 36.7 Å². The Bertz CT molecular complexity index is 493. The van der Waals surface area contributed by atoms with Crippen molar-refractivity contribution in [3.05, 3.63) is 48.0 Å². The molecule has 0 aliphatic rings. The quantitative estimate of drug-likeness (QED) is 0.790. The van der Waals surface area contributed by atoms with E-state index in [9.17, 15) is 5.11 Å². The van der Waals surface area contributed by atoms with Crippen molar-refractivity contribution in [3.63, 3.8) is 0 Å². The third-order valence-corrected chi connectivity index (χ3v) is 2.75. The molecule has 4 heteroatoms. The van der Waals surface area contributed by atoms with E-state index in [0.717, 1.165) is 13.0 Å². The van der Waals surface area contributed by atoms with Crippen LogP contribution in [0.1, 0.15) is 30.8 Å². The first-order valence-electron chi connectivity index (χ1n) is 5.77. The van der Waals surface area contributed by atoms with Crippen molar-refractivity contribution in [1.82, 2.24) is 9.55 Å². The summed E-state index contributed by atoms with van der Waals surface area (Å²) in [4.78, 5) is 4.21. The summed E-state index contributed by atoms with van der Waals surface area (Å²) in [6.07, 6.45) is 3.81. The maximum atomic E-state index is 10.3. The lowest BCUT2D eigenvalue weighted by Gasteiger charge is -2.14. The van der Waals surface area contributed by atoms with E-state index in [1.54, 1.807) is 12.3 Å². The molecular weight excluding hydrogens is 214 g/mol. The van der Waals surface area contributed by atoms with Crippen LogP contribution in [0.25, 0.3) is 0 Å². The summed E-state index contributed by atoms with van der Waals surface area (Å²) < 4.78 is 1.96. The van der Waals surface area contributed by atoms with Crippen molar-refractivity contribution in [2.75, 3.05) is 5.73 Å². The summed E-state index contributed by atoms with van der Waals surface area (Å²) >= 11 is 0. The number of nitrogens with two attached hydrogens (primary N) is 1. The van der Waals surface area contributed by atoms with E-state index >= 15 is 0 Å². The van der Waals surface area contributed by atoms with Crippen molar-refractivity contribution >= 4 is 5.69 Å². The van der Waals surface area contributed by atoms with Crippen LogP contribution in [-0.2, 0) is 6.54 Å². The Kier molecular flexibility index (Phi) is 3.44.